The Kier molecular flexibility index (Phi) is 4.37. The van der Waals surface area contributed by atoms with Crippen LogP contribution in [0.2, 0.25) is 0 Å². The first-order chi connectivity index (χ1) is 9.11. The lowest BCUT2D eigenvalue weighted by atomic mass is 10.1. The molecule has 2 nitrogen and oxygen atoms in total. The van der Waals surface area contributed by atoms with Gasteiger partial charge in [0.15, 0.2) is 0 Å². The molecule has 0 saturated heterocycles. The Morgan fingerprint density at radius 2 is 2.11 bits per heavy atom. The number of nitrogens with two attached hydrogens (primary N) is 1. The molecule has 0 aliphatic rings. The van der Waals surface area contributed by atoms with E-state index in [2.05, 4.69) is 5.32 Å². The number of nitrogen functional groups attached to an aromatic ring is 1. The van der Waals surface area contributed by atoms with E-state index in [4.69, 9.17) is 5.73 Å². The molecule has 3 N–H and O–H groups in total. The van der Waals surface area contributed by atoms with Crippen LogP contribution in [0.5, 0.6) is 0 Å². The van der Waals surface area contributed by atoms with Gasteiger partial charge in [0.05, 0.1) is 6.04 Å². The van der Waals surface area contributed by atoms with Gasteiger partial charge in [-0.25, -0.2) is 8.78 Å². The van der Waals surface area contributed by atoms with Gasteiger partial charge in [-0.15, -0.1) is 11.3 Å². The Hall–Kier alpha value is -1.62. The molecule has 1 heterocycles. The van der Waals surface area contributed by atoms with E-state index in [0.29, 0.717) is 11.4 Å². The molecule has 19 heavy (non-hydrogen) atoms. The summed E-state index contributed by atoms with van der Waals surface area (Å²) in [5.41, 5.74) is 6.32. The first-order valence-electron chi connectivity index (χ1n) is 6.09. The summed E-state index contributed by atoms with van der Waals surface area (Å²) in [5, 5.41) is 5.17. The summed E-state index contributed by atoms with van der Waals surface area (Å²) < 4.78 is 26.0. The maximum atomic E-state index is 13.0. The third-order valence-electron chi connectivity index (χ3n) is 2.94. The molecule has 0 spiro atoms. The van der Waals surface area contributed by atoms with Crippen molar-refractivity contribution in [3.05, 3.63) is 46.2 Å². The van der Waals surface area contributed by atoms with Crippen LogP contribution in [0.1, 0.15) is 36.3 Å². The van der Waals surface area contributed by atoms with E-state index in [9.17, 15) is 8.78 Å². The van der Waals surface area contributed by atoms with Crippen LogP contribution < -0.4 is 11.1 Å². The van der Waals surface area contributed by atoms with E-state index >= 15 is 0 Å². The van der Waals surface area contributed by atoms with Crippen molar-refractivity contribution in [2.75, 3.05) is 11.1 Å². The van der Waals surface area contributed by atoms with Crippen LogP contribution in [0, 0.1) is 0 Å². The molecule has 0 radical (unpaired) electrons. The van der Waals surface area contributed by atoms with Crippen molar-refractivity contribution in [1.29, 1.82) is 0 Å². The number of anilines is 2. The second kappa shape index (κ2) is 6.02. The van der Waals surface area contributed by atoms with Gasteiger partial charge in [0.2, 0.25) is 0 Å². The average Bonchev–Trinajstić information content (AvgIpc) is 2.90. The third-order valence-corrected chi connectivity index (χ3v) is 3.92. The number of nitrogens with one attached hydrogen (secondary N) is 1. The molecule has 1 aromatic heterocycles. The average molecular weight is 282 g/mol. The second-order valence-electron chi connectivity index (χ2n) is 4.27. The zero-order chi connectivity index (χ0) is 13.8. The van der Waals surface area contributed by atoms with E-state index in [1.165, 1.54) is 6.07 Å². The van der Waals surface area contributed by atoms with Crippen molar-refractivity contribution in [2.24, 2.45) is 0 Å². The summed E-state index contributed by atoms with van der Waals surface area (Å²) >= 11 is 1.62. The first kappa shape index (κ1) is 13.8. The molecule has 0 bridgehead atoms. The maximum Gasteiger partial charge on any atom is 0.265 e. The van der Waals surface area contributed by atoms with Crippen LogP contribution in [0.25, 0.3) is 0 Å². The molecule has 1 atom stereocenters. The molecule has 2 rings (SSSR count). The Morgan fingerprint density at radius 3 is 2.68 bits per heavy atom. The molecule has 5 heteroatoms. The Morgan fingerprint density at radius 1 is 1.32 bits per heavy atom. The van der Waals surface area contributed by atoms with Gasteiger partial charge in [0.1, 0.15) is 0 Å². The highest BCUT2D eigenvalue weighted by molar-refractivity contribution is 7.10. The largest absolute Gasteiger partial charge is 0.399 e. The number of hydrogen-bond donors (Lipinski definition) is 2. The van der Waals surface area contributed by atoms with Gasteiger partial charge in [-0.3, -0.25) is 0 Å². The van der Waals surface area contributed by atoms with E-state index < -0.39 is 6.43 Å². The van der Waals surface area contributed by atoms with Crippen molar-refractivity contribution in [1.82, 2.24) is 0 Å². The fourth-order valence-corrected chi connectivity index (χ4v) is 2.81. The number of halogens is 2. The van der Waals surface area contributed by atoms with E-state index in [1.54, 1.807) is 23.5 Å². The molecule has 1 unspecified atom stereocenters. The molecule has 2 aromatic rings. The SMILES string of the molecule is CCC(Nc1ccc(N)cc1C(F)F)c1cccs1. The minimum atomic E-state index is -2.54. The highest BCUT2D eigenvalue weighted by Gasteiger charge is 2.17. The summed E-state index contributed by atoms with van der Waals surface area (Å²) in [6.07, 6.45) is -1.71. The standard InChI is InChI=1S/C14H16F2N2S/c1-2-11(13-4-3-7-19-13)18-12-6-5-9(17)8-10(12)14(15)16/h3-8,11,14,18H,2,17H2,1H3. The van der Waals surface area contributed by atoms with Crippen LogP contribution in [0.3, 0.4) is 0 Å². The Bertz CT molecular complexity index is 526. The van der Waals surface area contributed by atoms with Crippen LogP contribution in [0.15, 0.2) is 35.7 Å². The fraction of sp³-hybridized carbons (Fsp3) is 0.286. The van der Waals surface area contributed by atoms with Crippen LogP contribution in [-0.2, 0) is 0 Å². The molecule has 0 aliphatic heterocycles. The number of hydrogen-bond acceptors (Lipinski definition) is 3. The van der Waals surface area contributed by atoms with Gasteiger partial charge in [-0.1, -0.05) is 13.0 Å². The molecule has 1 aromatic carbocycles. The van der Waals surface area contributed by atoms with Crippen molar-refractivity contribution >= 4 is 22.7 Å². The lowest BCUT2D eigenvalue weighted by molar-refractivity contribution is 0.152. The Labute approximate surface area is 115 Å². The summed E-state index contributed by atoms with van der Waals surface area (Å²) in [6.45, 7) is 2.02. The first-order valence-corrected chi connectivity index (χ1v) is 6.97. The van der Waals surface area contributed by atoms with Gasteiger partial charge >= 0.3 is 0 Å². The van der Waals surface area contributed by atoms with Crippen molar-refractivity contribution in [3.63, 3.8) is 0 Å². The van der Waals surface area contributed by atoms with Crippen molar-refractivity contribution in [2.45, 2.75) is 25.8 Å². The highest BCUT2D eigenvalue weighted by atomic mass is 32.1. The topological polar surface area (TPSA) is 38.0 Å². The normalized spacial score (nSPS) is 12.6. The number of thiophene rings is 1. The molecule has 0 saturated carbocycles. The van der Waals surface area contributed by atoms with Gasteiger partial charge in [-0.2, -0.15) is 0 Å². The van der Waals surface area contributed by atoms with Gasteiger partial charge in [-0.05, 0) is 36.1 Å². The lowest BCUT2D eigenvalue weighted by Gasteiger charge is -2.19. The van der Waals surface area contributed by atoms with E-state index in [-0.39, 0.29) is 11.6 Å². The maximum absolute atomic E-state index is 13.0. The smallest absolute Gasteiger partial charge is 0.265 e. The Balaban J connectivity index is 2.27. The lowest BCUT2D eigenvalue weighted by Crippen LogP contribution is -2.10. The molecule has 0 fully saturated rings. The predicted molar refractivity (Wildman–Crippen MR) is 76.8 cm³/mol. The van der Waals surface area contributed by atoms with Crippen molar-refractivity contribution < 1.29 is 8.78 Å². The fourth-order valence-electron chi connectivity index (χ4n) is 1.94. The quantitative estimate of drug-likeness (QED) is 0.771. The zero-order valence-electron chi connectivity index (χ0n) is 10.6. The third kappa shape index (κ3) is 3.23. The van der Waals surface area contributed by atoms with Crippen LogP contribution >= 0.6 is 11.3 Å². The number of benzene rings is 1. The van der Waals surface area contributed by atoms with Crippen LogP contribution in [-0.4, -0.2) is 0 Å². The van der Waals surface area contributed by atoms with Gasteiger partial charge in [0, 0.05) is 21.8 Å². The van der Waals surface area contributed by atoms with Gasteiger partial charge in [0.25, 0.3) is 6.43 Å². The molecular weight excluding hydrogens is 266 g/mol. The molecule has 102 valence electrons. The van der Waals surface area contributed by atoms with Crippen molar-refractivity contribution in [3.8, 4) is 0 Å². The number of alkyl halides is 2. The zero-order valence-corrected chi connectivity index (χ0v) is 11.4. The van der Waals surface area contributed by atoms with E-state index in [0.717, 1.165) is 11.3 Å². The molecule has 0 aliphatic carbocycles. The van der Waals surface area contributed by atoms with Crippen LogP contribution in [0.4, 0.5) is 20.2 Å². The monoisotopic (exact) mass is 282 g/mol. The van der Waals surface area contributed by atoms with E-state index in [1.807, 2.05) is 24.4 Å². The minimum absolute atomic E-state index is 0.0427. The summed E-state index contributed by atoms with van der Waals surface area (Å²) in [4.78, 5) is 1.14. The minimum Gasteiger partial charge on any atom is -0.399 e. The second-order valence-corrected chi connectivity index (χ2v) is 5.25. The summed E-state index contributed by atoms with van der Waals surface area (Å²) in [5.74, 6) is 0. The summed E-state index contributed by atoms with van der Waals surface area (Å²) in [7, 11) is 0. The molecular formula is C14H16F2N2S. The van der Waals surface area contributed by atoms with Gasteiger partial charge < -0.3 is 11.1 Å². The predicted octanol–water partition coefficient (Wildman–Crippen LogP) is 4.83. The molecule has 0 amide bonds. The number of rotatable bonds is 5. The highest BCUT2D eigenvalue weighted by Crippen LogP contribution is 2.33. The summed E-state index contributed by atoms with van der Waals surface area (Å²) in [6, 6.07) is 8.59.